The van der Waals surface area contributed by atoms with Crippen molar-refractivity contribution in [2.75, 3.05) is 0 Å². The second kappa shape index (κ2) is 8.90. The van der Waals surface area contributed by atoms with Gasteiger partial charge in [0.2, 0.25) is 0 Å². The Balaban J connectivity index is -0.00000169. The molecule has 0 aliphatic carbocycles. The normalized spacial score (nSPS) is 12.1. The Hall–Kier alpha value is 0.170. The van der Waals surface area contributed by atoms with Crippen molar-refractivity contribution in [2.45, 2.75) is 21.6 Å². The van der Waals surface area contributed by atoms with Crippen LogP contribution in [0.1, 0.15) is 15.3 Å². The molecule has 3 N–H and O–H groups in total. The van der Waals surface area contributed by atoms with Gasteiger partial charge in [0.25, 0.3) is 30.4 Å². The fourth-order valence-electron chi connectivity index (χ4n) is 2.52. The second-order valence-electron chi connectivity index (χ2n) is 5.11. The van der Waals surface area contributed by atoms with Gasteiger partial charge in [-0.1, -0.05) is 30.8 Å². The van der Waals surface area contributed by atoms with Crippen molar-refractivity contribution >= 4 is 46.7 Å². The number of benzene rings is 2. The topological polar surface area (TPSA) is 163 Å². The van der Waals surface area contributed by atoms with Gasteiger partial charge in [-0.15, -0.1) is 0 Å². The van der Waals surface area contributed by atoms with E-state index in [-0.39, 0.29) is 78.3 Å². The van der Waals surface area contributed by atoms with Crippen LogP contribution in [-0.4, -0.2) is 38.9 Å². The molecule has 9 nitrogen and oxygen atoms in total. The first-order valence-corrected chi connectivity index (χ1v) is 10.7. The molecule has 0 aromatic heterocycles. The number of hydrogen-bond acceptors (Lipinski definition) is 6. The van der Waals surface area contributed by atoms with Crippen LogP contribution in [0.5, 0.6) is 0 Å². The van der Waals surface area contributed by atoms with E-state index < -0.39 is 50.6 Å². The molecule has 0 amide bonds. The molecule has 0 unspecified atom stereocenters. The molecule has 0 bridgehead atoms. The standard InChI is InChI=1S/C13H12O9S3.2Na.2H/c1-7(2)10-8-5-3-4-6-9(8)11(23(14,15)16)13(25(20,21)22)12(10)24(17,18)19;;;;/h3-6H,1H2,2H3,(H,14,15,16)(H,17,18,19)(H,20,21,22);;;;/q;2*+1;2*-1. The average Bonchev–Trinajstić information content (AvgIpc) is 2.41. The van der Waals surface area contributed by atoms with E-state index in [4.69, 9.17) is 0 Å². The molecule has 0 aliphatic heterocycles. The van der Waals surface area contributed by atoms with Crippen LogP contribution in [0.15, 0.2) is 45.5 Å². The Morgan fingerprint density at radius 2 is 1.15 bits per heavy atom. The van der Waals surface area contributed by atoms with Crippen LogP contribution in [0.4, 0.5) is 0 Å². The van der Waals surface area contributed by atoms with E-state index in [9.17, 15) is 38.9 Å². The predicted molar refractivity (Wildman–Crippen MR) is 90.3 cm³/mol. The van der Waals surface area contributed by atoms with Crippen LogP contribution in [0.2, 0.25) is 0 Å². The van der Waals surface area contributed by atoms with E-state index in [2.05, 4.69) is 6.58 Å². The first kappa shape index (κ1) is 27.2. The van der Waals surface area contributed by atoms with Crippen molar-refractivity contribution < 1.29 is 101 Å². The Bertz CT molecular complexity index is 1240. The van der Waals surface area contributed by atoms with E-state index >= 15 is 0 Å². The molecular weight excluding hydrogens is 442 g/mol. The summed E-state index contributed by atoms with van der Waals surface area (Å²) >= 11 is 0. The van der Waals surface area contributed by atoms with Crippen LogP contribution in [-0.2, 0) is 30.4 Å². The van der Waals surface area contributed by atoms with E-state index in [0.29, 0.717) is 0 Å². The third-order valence-corrected chi connectivity index (χ3v) is 6.33. The minimum Gasteiger partial charge on any atom is -1.00 e. The Labute approximate surface area is 203 Å². The smallest absolute Gasteiger partial charge is 1.00 e. The first-order valence-electron chi connectivity index (χ1n) is 6.34. The number of hydrogen-bond donors (Lipinski definition) is 3. The summed E-state index contributed by atoms with van der Waals surface area (Å²) < 4.78 is 99.0. The van der Waals surface area contributed by atoms with Gasteiger partial charge in [-0.25, -0.2) is 0 Å². The molecule has 0 aliphatic rings. The van der Waals surface area contributed by atoms with Crippen molar-refractivity contribution in [3.8, 4) is 0 Å². The maximum Gasteiger partial charge on any atom is 1.00 e. The van der Waals surface area contributed by atoms with Crippen molar-refractivity contribution in [1.82, 2.24) is 0 Å². The van der Waals surface area contributed by atoms with Gasteiger partial charge >= 0.3 is 59.1 Å². The molecule has 0 saturated carbocycles. The van der Waals surface area contributed by atoms with Gasteiger partial charge in [-0.2, -0.15) is 25.3 Å². The third-order valence-electron chi connectivity index (χ3n) is 3.28. The zero-order chi connectivity index (χ0) is 19.4. The van der Waals surface area contributed by atoms with Crippen LogP contribution < -0.4 is 59.1 Å². The molecule has 0 saturated heterocycles. The van der Waals surface area contributed by atoms with E-state index in [0.717, 1.165) is 6.07 Å². The summed E-state index contributed by atoms with van der Waals surface area (Å²) in [6, 6.07) is 5.05. The number of rotatable bonds is 4. The molecule has 0 radical (unpaired) electrons. The van der Waals surface area contributed by atoms with Crippen molar-refractivity contribution in [2.24, 2.45) is 0 Å². The third kappa shape index (κ3) is 5.41. The zero-order valence-corrected chi connectivity index (χ0v) is 21.0. The molecular formula is C13H14Na2O9S3. The van der Waals surface area contributed by atoms with Gasteiger partial charge in [0.15, 0.2) is 0 Å². The second-order valence-corrected chi connectivity index (χ2v) is 9.19. The summed E-state index contributed by atoms with van der Waals surface area (Å²) in [6.45, 7) is 4.79. The Morgan fingerprint density at radius 3 is 1.48 bits per heavy atom. The molecule has 14 heteroatoms. The van der Waals surface area contributed by atoms with Crippen molar-refractivity contribution in [3.05, 3.63) is 36.4 Å². The molecule has 2 aromatic carbocycles. The molecule has 0 heterocycles. The maximum absolute atomic E-state index is 11.8. The summed E-state index contributed by atoms with van der Waals surface area (Å²) in [7, 11) is -16.2. The maximum atomic E-state index is 11.8. The summed E-state index contributed by atoms with van der Waals surface area (Å²) in [6.07, 6.45) is 0. The fourth-order valence-corrected chi connectivity index (χ4v) is 6.20. The largest absolute Gasteiger partial charge is 1.00 e. The van der Waals surface area contributed by atoms with Crippen molar-refractivity contribution in [3.63, 3.8) is 0 Å². The molecule has 140 valence electrons. The van der Waals surface area contributed by atoms with Crippen molar-refractivity contribution in [1.29, 1.82) is 0 Å². The number of fused-ring (bicyclic) bond motifs is 1. The zero-order valence-electron chi connectivity index (χ0n) is 16.5. The SMILES string of the molecule is C=C(C)c1c(S(=O)(=O)O)c(S(=O)(=O)O)c(S(=O)(=O)O)c2ccccc12.[H-].[H-].[Na+].[Na+]. The summed E-state index contributed by atoms with van der Waals surface area (Å²) in [5.74, 6) is 0. The van der Waals surface area contributed by atoms with E-state index in [1.807, 2.05) is 0 Å². The molecule has 2 rings (SSSR count). The Kier molecular flexibility index (Phi) is 8.95. The molecule has 0 fully saturated rings. The predicted octanol–water partition coefficient (Wildman–Crippen LogP) is -4.15. The van der Waals surface area contributed by atoms with Crippen LogP contribution in [0.3, 0.4) is 0 Å². The monoisotopic (exact) mass is 456 g/mol. The average molecular weight is 456 g/mol. The Morgan fingerprint density at radius 1 is 0.778 bits per heavy atom. The molecule has 0 spiro atoms. The molecule has 27 heavy (non-hydrogen) atoms. The van der Waals surface area contributed by atoms with Gasteiger partial charge in [0.05, 0.1) is 0 Å². The van der Waals surface area contributed by atoms with E-state index in [1.165, 1.54) is 25.1 Å². The van der Waals surface area contributed by atoms with E-state index in [1.54, 1.807) is 0 Å². The number of allylic oxidation sites excluding steroid dienone is 1. The van der Waals surface area contributed by atoms with Crippen LogP contribution in [0, 0.1) is 0 Å². The van der Waals surface area contributed by atoms with Gasteiger partial charge in [0, 0.05) is 10.9 Å². The summed E-state index contributed by atoms with van der Waals surface area (Å²) in [5, 5.41) is -0.481. The van der Waals surface area contributed by atoms with Crippen LogP contribution >= 0.6 is 0 Å². The summed E-state index contributed by atoms with van der Waals surface area (Å²) in [5.41, 5.74) is -0.436. The van der Waals surface area contributed by atoms with Gasteiger partial charge in [-0.3, -0.25) is 13.7 Å². The minimum absolute atomic E-state index is 0. The minimum atomic E-state index is -5.50. The quantitative estimate of drug-likeness (QED) is 0.306. The first-order chi connectivity index (χ1) is 11.2. The van der Waals surface area contributed by atoms with Gasteiger partial charge in [-0.05, 0) is 17.9 Å². The van der Waals surface area contributed by atoms with Crippen LogP contribution in [0.25, 0.3) is 16.3 Å². The molecule has 0 atom stereocenters. The van der Waals surface area contributed by atoms with Gasteiger partial charge in [0.1, 0.15) is 14.7 Å². The fraction of sp³-hybridized carbons (Fsp3) is 0.0769. The molecule has 2 aromatic rings. The summed E-state index contributed by atoms with van der Waals surface area (Å²) in [4.78, 5) is -4.38. The van der Waals surface area contributed by atoms with Gasteiger partial charge < -0.3 is 2.85 Å².